The van der Waals surface area contributed by atoms with Gasteiger partial charge in [0.2, 0.25) is 0 Å². The standard InChI is InChI=1S/C16H16Br2O3/c1-19-15-4-2-3-5-16(15)21-9-8-20-14-7-6-13(18)10-12(14)11-17/h2-7,10H,8-9,11H2,1H3. The highest BCUT2D eigenvalue weighted by Crippen LogP contribution is 2.27. The van der Waals surface area contributed by atoms with Gasteiger partial charge in [-0.2, -0.15) is 0 Å². The summed E-state index contributed by atoms with van der Waals surface area (Å²) in [5, 5.41) is 0.745. The number of para-hydroxylation sites is 2. The molecule has 0 aliphatic carbocycles. The van der Waals surface area contributed by atoms with Crippen molar-refractivity contribution in [3.8, 4) is 17.2 Å². The van der Waals surface area contributed by atoms with Crippen molar-refractivity contribution in [3.63, 3.8) is 0 Å². The molecule has 21 heavy (non-hydrogen) atoms. The molecule has 112 valence electrons. The number of benzene rings is 2. The molecule has 0 bridgehead atoms. The van der Waals surface area contributed by atoms with Crippen LogP contribution < -0.4 is 14.2 Å². The number of rotatable bonds is 7. The molecule has 0 unspecified atom stereocenters. The summed E-state index contributed by atoms with van der Waals surface area (Å²) in [5.41, 5.74) is 1.10. The summed E-state index contributed by atoms with van der Waals surface area (Å²) in [6.45, 7) is 0.928. The van der Waals surface area contributed by atoms with Gasteiger partial charge in [0.25, 0.3) is 0 Å². The monoisotopic (exact) mass is 414 g/mol. The second-order valence-electron chi connectivity index (χ2n) is 4.23. The fraction of sp³-hybridized carbons (Fsp3) is 0.250. The minimum Gasteiger partial charge on any atom is -0.493 e. The van der Waals surface area contributed by atoms with Gasteiger partial charge in [0.05, 0.1) is 7.11 Å². The van der Waals surface area contributed by atoms with E-state index < -0.39 is 0 Å². The summed E-state index contributed by atoms with van der Waals surface area (Å²) < 4.78 is 17.7. The molecule has 0 N–H and O–H groups in total. The van der Waals surface area contributed by atoms with Gasteiger partial charge in [0, 0.05) is 15.4 Å². The van der Waals surface area contributed by atoms with E-state index in [2.05, 4.69) is 31.9 Å². The minimum absolute atomic E-state index is 0.457. The molecule has 0 fully saturated rings. The first-order valence-electron chi connectivity index (χ1n) is 6.47. The molecular weight excluding hydrogens is 400 g/mol. The van der Waals surface area contributed by atoms with Gasteiger partial charge in [0.1, 0.15) is 19.0 Å². The molecule has 0 amide bonds. The van der Waals surface area contributed by atoms with Crippen molar-refractivity contribution in [1.29, 1.82) is 0 Å². The first-order valence-corrected chi connectivity index (χ1v) is 8.39. The van der Waals surface area contributed by atoms with Gasteiger partial charge >= 0.3 is 0 Å². The second kappa shape index (κ2) is 8.29. The molecule has 3 nitrogen and oxygen atoms in total. The molecule has 5 heteroatoms. The molecule has 0 saturated carbocycles. The Morgan fingerprint density at radius 3 is 2.24 bits per heavy atom. The van der Waals surface area contributed by atoms with E-state index in [9.17, 15) is 0 Å². The lowest BCUT2D eigenvalue weighted by Crippen LogP contribution is -2.10. The van der Waals surface area contributed by atoms with E-state index in [1.807, 2.05) is 42.5 Å². The maximum atomic E-state index is 5.76. The van der Waals surface area contributed by atoms with Crippen molar-refractivity contribution in [2.24, 2.45) is 0 Å². The van der Waals surface area contributed by atoms with Gasteiger partial charge in [-0.05, 0) is 30.3 Å². The second-order valence-corrected chi connectivity index (χ2v) is 5.71. The molecule has 0 aromatic heterocycles. The smallest absolute Gasteiger partial charge is 0.161 e. The summed E-state index contributed by atoms with van der Waals surface area (Å²) in [6.07, 6.45) is 0. The predicted octanol–water partition coefficient (Wildman–Crippen LogP) is 4.81. The van der Waals surface area contributed by atoms with Crippen LogP contribution in [0.15, 0.2) is 46.9 Å². The van der Waals surface area contributed by atoms with Gasteiger partial charge in [0.15, 0.2) is 11.5 Å². The third kappa shape index (κ3) is 4.64. The number of methoxy groups -OCH3 is 1. The normalized spacial score (nSPS) is 10.2. The first-order chi connectivity index (χ1) is 10.2. The Balaban J connectivity index is 1.87. The molecule has 2 rings (SSSR count). The van der Waals surface area contributed by atoms with E-state index in [1.165, 1.54) is 0 Å². The van der Waals surface area contributed by atoms with Crippen molar-refractivity contribution in [1.82, 2.24) is 0 Å². The topological polar surface area (TPSA) is 27.7 Å². The number of halogens is 2. The van der Waals surface area contributed by atoms with Crippen LogP contribution in [0.4, 0.5) is 0 Å². The zero-order valence-corrected chi connectivity index (χ0v) is 14.8. The first kappa shape index (κ1) is 16.2. The van der Waals surface area contributed by atoms with E-state index in [0.717, 1.165) is 32.6 Å². The molecule has 0 saturated heterocycles. The number of hydrogen-bond acceptors (Lipinski definition) is 3. The summed E-state index contributed by atoms with van der Waals surface area (Å²) >= 11 is 6.91. The summed E-state index contributed by atoms with van der Waals surface area (Å²) in [4.78, 5) is 0. The van der Waals surface area contributed by atoms with Gasteiger partial charge in [-0.1, -0.05) is 44.0 Å². The molecule has 0 spiro atoms. The molecule has 0 radical (unpaired) electrons. The van der Waals surface area contributed by atoms with Crippen LogP contribution in [0.5, 0.6) is 17.2 Å². The van der Waals surface area contributed by atoms with E-state index >= 15 is 0 Å². The molecule has 0 aliphatic rings. The summed E-state index contributed by atoms with van der Waals surface area (Å²) in [6, 6.07) is 13.5. The highest BCUT2D eigenvalue weighted by atomic mass is 79.9. The zero-order chi connectivity index (χ0) is 15.1. The maximum absolute atomic E-state index is 5.76. The average molecular weight is 416 g/mol. The predicted molar refractivity (Wildman–Crippen MR) is 90.8 cm³/mol. The van der Waals surface area contributed by atoms with Crippen LogP contribution >= 0.6 is 31.9 Å². The quantitative estimate of drug-likeness (QED) is 0.479. The average Bonchev–Trinajstić information content (AvgIpc) is 2.52. The summed E-state index contributed by atoms with van der Waals surface area (Å²) in [7, 11) is 1.63. The molecule has 2 aromatic rings. The molecule has 2 aromatic carbocycles. The van der Waals surface area contributed by atoms with Crippen LogP contribution in [0.2, 0.25) is 0 Å². The van der Waals surface area contributed by atoms with E-state index in [1.54, 1.807) is 7.11 Å². The van der Waals surface area contributed by atoms with Gasteiger partial charge in [-0.3, -0.25) is 0 Å². The highest BCUT2D eigenvalue weighted by molar-refractivity contribution is 9.10. The molecule has 0 atom stereocenters. The number of ether oxygens (including phenoxy) is 3. The third-order valence-electron chi connectivity index (χ3n) is 2.83. The fourth-order valence-electron chi connectivity index (χ4n) is 1.83. The van der Waals surface area contributed by atoms with Crippen molar-refractivity contribution in [2.75, 3.05) is 20.3 Å². The summed E-state index contributed by atoms with van der Waals surface area (Å²) in [5.74, 6) is 2.31. The maximum Gasteiger partial charge on any atom is 0.161 e. The van der Waals surface area contributed by atoms with Crippen LogP contribution in [-0.4, -0.2) is 20.3 Å². The van der Waals surface area contributed by atoms with Gasteiger partial charge in [-0.15, -0.1) is 0 Å². The molecule has 0 heterocycles. The van der Waals surface area contributed by atoms with Crippen molar-refractivity contribution in [2.45, 2.75) is 5.33 Å². The van der Waals surface area contributed by atoms with Crippen molar-refractivity contribution < 1.29 is 14.2 Å². The highest BCUT2D eigenvalue weighted by Gasteiger charge is 2.05. The zero-order valence-electron chi connectivity index (χ0n) is 11.6. The van der Waals surface area contributed by atoms with Crippen molar-refractivity contribution >= 4 is 31.9 Å². The van der Waals surface area contributed by atoms with Crippen LogP contribution in [0.25, 0.3) is 0 Å². The molecule has 0 aliphatic heterocycles. The lowest BCUT2D eigenvalue weighted by molar-refractivity contribution is 0.210. The Kier molecular flexibility index (Phi) is 6.39. The Morgan fingerprint density at radius 2 is 1.57 bits per heavy atom. The Bertz CT molecular complexity index is 587. The van der Waals surface area contributed by atoms with Crippen LogP contribution in [0.1, 0.15) is 5.56 Å². The number of hydrogen-bond donors (Lipinski definition) is 0. The van der Waals surface area contributed by atoms with E-state index in [0.29, 0.717) is 13.2 Å². The fourth-order valence-corrected chi connectivity index (χ4v) is 2.68. The lowest BCUT2D eigenvalue weighted by atomic mass is 10.2. The Hall–Kier alpha value is -1.20. The van der Waals surface area contributed by atoms with Crippen LogP contribution in [0, 0.1) is 0 Å². The third-order valence-corrected chi connectivity index (χ3v) is 3.93. The Labute approximate surface area is 141 Å². The van der Waals surface area contributed by atoms with Gasteiger partial charge < -0.3 is 14.2 Å². The number of alkyl halides is 1. The van der Waals surface area contributed by atoms with Crippen LogP contribution in [-0.2, 0) is 5.33 Å². The lowest BCUT2D eigenvalue weighted by Gasteiger charge is -2.13. The largest absolute Gasteiger partial charge is 0.493 e. The van der Waals surface area contributed by atoms with E-state index in [-0.39, 0.29) is 0 Å². The van der Waals surface area contributed by atoms with E-state index in [4.69, 9.17) is 14.2 Å². The SMILES string of the molecule is COc1ccccc1OCCOc1ccc(Br)cc1CBr. The van der Waals surface area contributed by atoms with Crippen LogP contribution in [0.3, 0.4) is 0 Å². The molecular formula is C16H16Br2O3. The van der Waals surface area contributed by atoms with Crippen molar-refractivity contribution in [3.05, 3.63) is 52.5 Å². The Morgan fingerprint density at radius 1 is 0.905 bits per heavy atom. The van der Waals surface area contributed by atoms with Gasteiger partial charge in [-0.25, -0.2) is 0 Å². The minimum atomic E-state index is 0.457.